The maximum atomic E-state index is 10.0. The van der Waals surface area contributed by atoms with Gasteiger partial charge in [-0.15, -0.1) is 0 Å². The third-order valence-corrected chi connectivity index (χ3v) is 3.03. The quantitative estimate of drug-likeness (QED) is 0.371. The van der Waals surface area contributed by atoms with Crippen LogP contribution in [0.2, 0.25) is 0 Å². The summed E-state index contributed by atoms with van der Waals surface area (Å²) in [5.41, 5.74) is 5.40. The molecule has 113 valence electrons. The lowest BCUT2D eigenvalue weighted by Crippen LogP contribution is -1.94. The minimum absolute atomic E-state index is 0.605. The van der Waals surface area contributed by atoms with Crippen molar-refractivity contribution >= 4 is 6.29 Å². The number of hydrogen-bond donors (Lipinski definition) is 1. The molecule has 0 heterocycles. The molecular weight excluding hydrogens is 246 g/mol. The molecule has 0 amide bonds. The van der Waals surface area contributed by atoms with Crippen molar-refractivity contribution in [1.82, 2.24) is 0 Å². The Bertz CT molecular complexity index is 279. The lowest BCUT2D eigenvalue weighted by atomic mass is 10.1. The van der Waals surface area contributed by atoms with E-state index in [-0.39, 0.29) is 0 Å². The van der Waals surface area contributed by atoms with Crippen molar-refractivity contribution in [3.05, 3.63) is 36.5 Å². The van der Waals surface area contributed by atoms with E-state index >= 15 is 0 Å². The average Bonchev–Trinajstić information content (AvgIpc) is 2.47. The molecule has 0 atom stereocenters. The standard InChI is InChI=1S/C18H30NO/c19-17-15-13-11-9-7-5-3-1-2-4-6-8-10-12-14-16-18-20/h1-2,5,7,11,13H,3-4,6,8-10,12,14-17,19H2/b2-1-,7-5-,13-11-. The van der Waals surface area contributed by atoms with Gasteiger partial charge in [0, 0.05) is 6.42 Å². The average molecular weight is 276 g/mol. The van der Waals surface area contributed by atoms with Gasteiger partial charge in [0.2, 0.25) is 0 Å². The molecule has 0 bridgehead atoms. The minimum atomic E-state index is 0.605. The molecule has 0 aromatic heterocycles. The van der Waals surface area contributed by atoms with Gasteiger partial charge in [0.1, 0.15) is 0 Å². The van der Waals surface area contributed by atoms with Crippen LogP contribution in [-0.2, 0) is 4.79 Å². The Morgan fingerprint density at radius 1 is 0.700 bits per heavy atom. The Hall–Kier alpha value is -1.15. The molecule has 0 aromatic rings. The first kappa shape index (κ1) is 18.9. The maximum Gasteiger partial charge on any atom is 0.198 e. The predicted octanol–water partition coefficient (Wildman–Crippen LogP) is 4.62. The summed E-state index contributed by atoms with van der Waals surface area (Å²) in [6.45, 7) is 0.735. The van der Waals surface area contributed by atoms with E-state index in [2.05, 4.69) is 36.5 Å². The summed E-state index contributed by atoms with van der Waals surface area (Å²) in [4.78, 5) is 10.0. The van der Waals surface area contributed by atoms with Crippen LogP contribution in [0.25, 0.3) is 0 Å². The fraction of sp³-hybridized carbons (Fsp3) is 0.611. The molecule has 0 saturated carbocycles. The van der Waals surface area contributed by atoms with Gasteiger partial charge in [-0.1, -0.05) is 55.7 Å². The molecular formula is C18H30NO. The molecule has 0 aliphatic rings. The first-order valence-corrected chi connectivity index (χ1v) is 7.92. The van der Waals surface area contributed by atoms with Crippen molar-refractivity contribution in [1.29, 1.82) is 0 Å². The summed E-state index contributed by atoms with van der Waals surface area (Å²) in [5.74, 6) is 0. The van der Waals surface area contributed by atoms with Gasteiger partial charge in [0.05, 0.1) is 0 Å². The van der Waals surface area contributed by atoms with Crippen molar-refractivity contribution in [3.8, 4) is 0 Å². The highest BCUT2D eigenvalue weighted by Gasteiger charge is 1.89. The van der Waals surface area contributed by atoms with E-state index in [0.717, 1.165) is 32.2 Å². The van der Waals surface area contributed by atoms with Gasteiger partial charge in [-0.2, -0.15) is 0 Å². The highest BCUT2D eigenvalue weighted by atomic mass is 16.1. The van der Waals surface area contributed by atoms with Crippen LogP contribution in [0.15, 0.2) is 36.5 Å². The van der Waals surface area contributed by atoms with Crippen LogP contribution in [0.4, 0.5) is 0 Å². The second kappa shape index (κ2) is 17.8. The molecule has 0 aliphatic carbocycles. The van der Waals surface area contributed by atoms with E-state index in [1.54, 1.807) is 0 Å². The Kier molecular flexibility index (Phi) is 16.8. The van der Waals surface area contributed by atoms with Crippen molar-refractivity contribution < 1.29 is 4.79 Å². The third-order valence-electron chi connectivity index (χ3n) is 3.03. The van der Waals surface area contributed by atoms with Crippen molar-refractivity contribution in [2.45, 2.75) is 64.2 Å². The zero-order valence-electron chi connectivity index (χ0n) is 12.7. The normalized spacial score (nSPS) is 12.1. The van der Waals surface area contributed by atoms with Crippen LogP contribution in [0.3, 0.4) is 0 Å². The number of rotatable bonds is 14. The summed E-state index contributed by atoms with van der Waals surface area (Å²) in [7, 11) is 0. The van der Waals surface area contributed by atoms with E-state index in [0.29, 0.717) is 6.42 Å². The number of hydrogen-bond acceptors (Lipinski definition) is 2. The fourth-order valence-corrected chi connectivity index (χ4v) is 1.86. The molecule has 0 fully saturated rings. The SMILES string of the molecule is NCC/C=C\C/C=C\C/C=C\CCCCCCC[C]=O. The van der Waals surface area contributed by atoms with Gasteiger partial charge in [-0.25, -0.2) is 0 Å². The molecule has 2 heteroatoms. The van der Waals surface area contributed by atoms with Crippen LogP contribution in [-0.4, -0.2) is 12.8 Å². The zero-order chi connectivity index (χ0) is 14.7. The topological polar surface area (TPSA) is 43.1 Å². The van der Waals surface area contributed by atoms with Gasteiger partial charge < -0.3 is 5.73 Å². The van der Waals surface area contributed by atoms with Crippen LogP contribution in [0.1, 0.15) is 64.2 Å². The largest absolute Gasteiger partial charge is 0.330 e. The smallest absolute Gasteiger partial charge is 0.198 e. The Labute approximate surface area is 124 Å². The summed E-state index contributed by atoms with van der Waals surface area (Å²) in [6.07, 6.45) is 25.9. The summed E-state index contributed by atoms with van der Waals surface area (Å²) >= 11 is 0. The molecule has 0 aromatic carbocycles. The number of allylic oxidation sites excluding steroid dienone is 5. The lowest BCUT2D eigenvalue weighted by Gasteiger charge is -1.96. The number of unbranched alkanes of at least 4 members (excludes halogenated alkanes) is 6. The van der Waals surface area contributed by atoms with E-state index < -0.39 is 0 Å². The molecule has 0 unspecified atom stereocenters. The highest BCUT2D eigenvalue weighted by molar-refractivity contribution is 5.50. The predicted molar refractivity (Wildman–Crippen MR) is 88.3 cm³/mol. The van der Waals surface area contributed by atoms with Gasteiger partial charge in [0.15, 0.2) is 6.29 Å². The Morgan fingerprint density at radius 3 is 1.90 bits per heavy atom. The zero-order valence-corrected chi connectivity index (χ0v) is 12.7. The van der Waals surface area contributed by atoms with E-state index in [1.165, 1.54) is 32.1 Å². The molecule has 0 spiro atoms. The maximum absolute atomic E-state index is 10.0. The van der Waals surface area contributed by atoms with Crippen molar-refractivity contribution in [2.75, 3.05) is 6.54 Å². The summed E-state index contributed by atoms with van der Waals surface area (Å²) in [5, 5.41) is 0. The van der Waals surface area contributed by atoms with Crippen molar-refractivity contribution in [2.24, 2.45) is 5.73 Å². The van der Waals surface area contributed by atoms with Crippen molar-refractivity contribution in [3.63, 3.8) is 0 Å². The van der Waals surface area contributed by atoms with Crippen LogP contribution in [0, 0.1) is 0 Å². The number of nitrogens with two attached hydrogens (primary N) is 1. The van der Waals surface area contributed by atoms with Gasteiger partial charge >= 0.3 is 0 Å². The second-order valence-corrected chi connectivity index (χ2v) is 4.91. The molecule has 0 saturated heterocycles. The third kappa shape index (κ3) is 16.9. The fourth-order valence-electron chi connectivity index (χ4n) is 1.86. The second-order valence-electron chi connectivity index (χ2n) is 4.91. The lowest BCUT2D eigenvalue weighted by molar-refractivity contribution is 0.542. The molecule has 0 aliphatic heterocycles. The van der Waals surface area contributed by atoms with E-state index in [9.17, 15) is 4.79 Å². The van der Waals surface area contributed by atoms with Gasteiger partial charge in [-0.05, 0) is 45.1 Å². The summed E-state index contributed by atoms with van der Waals surface area (Å²) < 4.78 is 0. The monoisotopic (exact) mass is 276 g/mol. The summed E-state index contributed by atoms with van der Waals surface area (Å²) in [6, 6.07) is 0. The Morgan fingerprint density at radius 2 is 1.25 bits per heavy atom. The van der Waals surface area contributed by atoms with E-state index in [1.807, 2.05) is 6.29 Å². The highest BCUT2D eigenvalue weighted by Crippen LogP contribution is 2.07. The molecule has 1 radical (unpaired) electrons. The Balaban J connectivity index is 3.23. The van der Waals surface area contributed by atoms with Crippen LogP contribution < -0.4 is 5.73 Å². The first-order valence-electron chi connectivity index (χ1n) is 7.92. The molecule has 2 N–H and O–H groups in total. The number of carbonyl (C=O) groups excluding carboxylic acids is 1. The van der Waals surface area contributed by atoms with Crippen LogP contribution in [0.5, 0.6) is 0 Å². The minimum Gasteiger partial charge on any atom is -0.330 e. The first-order chi connectivity index (χ1) is 9.91. The molecule has 2 nitrogen and oxygen atoms in total. The molecule has 20 heavy (non-hydrogen) atoms. The van der Waals surface area contributed by atoms with Gasteiger partial charge in [0.25, 0.3) is 0 Å². The van der Waals surface area contributed by atoms with Gasteiger partial charge in [-0.3, -0.25) is 4.79 Å². The van der Waals surface area contributed by atoms with Crippen LogP contribution >= 0.6 is 0 Å². The van der Waals surface area contributed by atoms with E-state index in [4.69, 9.17) is 5.73 Å². The molecule has 0 rings (SSSR count).